The number of hydrogen-bond acceptors (Lipinski definition) is 4. The van der Waals surface area contributed by atoms with Gasteiger partial charge in [-0.25, -0.2) is 4.68 Å². The van der Waals surface area contributed by atoms with Crippen molar-refractivity contribution in [3.8, 4) is 0 Å². The second-order valence-corrected chi connectivity index (χ2v) is 5.26. The van der Waals surface area contributed by atoms with Crippen molar-refractivity contribution in [1.29, 1.82) is 0 Å². The SMILES string of the molecule is CCC(CC)c1c(C=O)nnn1CCN1CCCC1. The van der Waals surface area contributed by atoms with Gasteiger partial charge in [-0.3, -0.25) is 4.79 Å². The van der Waals surface area contributed by atoms with Crippen molar-refractivity contribution < 1.29 is 4.79 Å². The summed E-state index contributed by atoms with van der Waals surface area (Å²) in [7, 11) is 0. The van der Waals surface area contributed by atoms with E-state index in [2.05, 4.69) is 29.1 Å². The second-order valence-electron chi connectivity index (χ2n) is 5.26. The lowest BCUT2D eigenvalue weighted by molar-refractivity contribution is 0.111. The van der Waals surface area contributed by atoms with E-state index in [9.17, 15) is 4.79 Å². The molecule has 0 aromatic carbocycles. The van der Waals surface area contributed by atoms with Crippen LogP contribution in [0.5, 0.6) is 0 Å². The van der Waals surface area contributed by atoms with Crippen molar-refractivity contribution >= 4 is 6.29 Å². The molecule has 0 aliphatic carbocycles. The van der Waals surface area contributed by atoms with Crippen LogP contribution in [-0.4, -0.2) is 45.8 Å². The molecule has 0 unspecified atom stereocenters. The normalized spacial score (nSPS) is 16.4. The number of rotatable bonds is 7. The molecule has 1 fully saturated rings. The first-order valence-corrected chi connectivity index (χ1v) is 7.41. The maximum Gasteiger partial charge on any atom is 0.172 e. The zero-order chi connectivity index (χ0) is 13.7. The van der Waals surface area contributed by atoms with Crippen molar-refractivity contribution in [2.24, 2.45) is 0 Å². The average Bonchev–Trinajstić information content (AvgIpc) is 3.07. The molecule has 106 valence electrons. The quantitative estimate of drug-likeness (QED) is 0.708. The summed E-state index contributed by atoms with van der Waals surface area (Å²) in [6, 6.07) is 0. The highest BCUT2D eigenvalue weighted by molar-refractivity contribution is 5.73. The molecule has 2 heterocycles. The highest BCUT2D eigenvalue weighted by Crippen LogP contribution is 2.24. The lowest BCUT2D eigenvalue weighted by Crippen LogP contribution is -2.25. The molecule has 1 aromatic heterocycles. The van der Waals surface area contributed by atoms with E-state index < -0.39 is 0 Å². The van der Waals surface area contributed by atoms with Crippen molar-refractivity contribution in [3.63, 3.8) is 0 Å². The molecule has 19 heavy (non-hydrogen) atoms. The smallest absolute Gasteiger partial charge is 0.172 e. The van der Waals surface area contributed by atoms with Crippen LogP contribution in [0.2, 0.25) is 0 Å². The van der Waals surface area contributed by atoms with Gasteiger partial charge in [-0.2, -0.15) is 0 Å². The monoisotopic (exact) mass is 264 g/mol. The Hall–Kier alpha value is -1.23. The highest BCUT2D eigenvalue weighted by atomic mass is 16.1. The van der Waals surface area contributed by atoms with Crippen LogP contribution in [0.25, 0.3) is 0 Å². The Morgan fingerprint density at radius 1 is 1.21 bits per heavy atom. The Morgan fingerprint density at radius 2 is 1.89 bits per heavy atom. The first-order chi connectivity index (χ1) is 9.30. The average molecular weight is 264 g/mol. The lowest BCUT2D eigenvalue weighted by atomic mass is 9.98. The topological polar surface area (TPSA) is 51.0 Å². The van der Waals surface area contributed by atoms with Gasteiger partial charge >= 0.3 is 0 Å². The van der Waals surface area contributed by atoms with Crippen LogP contribution in [0.4, 0.5) is 0 Å². The minimum atomic E-state index is 0.383. The van der Waals surface area contributed by atoms with Crippen LogP contribution in [-0.2, 0) is 6.54 Å². The first-order valence-electron chi connectivity index (χ1n) is 7.41. The summed E-state index contributed by atoms with van der Waals surface area (Å²) in [4.78, 5) is 13.6. The standard InChI is InChI=1S/C14H24N4O/c1-3-12(4-2)14-13(11-19)15-16-18(14)10-9-17-7-5-6-8-17/h11-12H,3-10H2,1-2H3. The van der Waals surface area contributed by atoms with Gasteiger partial charge in [-0.1, -0.05) is 19.1 Å². The molecule has 1 saturated heterocycles. The van der Waals surface area contributed by atoms with Gasteiger partial charge in [-0.15, -0.1) is 5.10 Å². The number of likely N-dealkylation sites (tertiary alicyclic amines) is 1. The maximum absolute atomic E-state index is 11.1. The zero-order valence-corrected chi connectivity index (χ0v) is 12.0. The Morgan fingerprint density at radius 3 is 2.47 bits per heavy atom. The summed E-state index contributed by atoms with van der Waals surface area (Å²) in [6.07, 6.45) is 5.49. The molecule has 2 rings (SSSR count). The van der Waals surface area contributed by atoms with E-state index in [0.29, 0.717) is 11.6 Å². The van der Waals surface area contributed by atoms with Crippen molar-refractivity contribution in [2.45, 2.75) is 52.0 Å². The predicted octanol–water partition coefficient (Wildman–Crippen LogP) is 2.09. The van der Waals surface area contributed by atoms with E-state index in [4.69, 9.17) is 0 Å². The van der Waals surface area contributed by atoms with E-state index in [1.165, 1.54) is 25.9 Å². The molecule has 1 aromatic rings. The Labute approximate surface area is 115 Å². The number of hydrogen-bond donors (Lipinski definition) is 0. The van der Waals surface area contributed by atoms with Gasteiger partial charge in [0.05, 0.1) is 12.2 Å². The van der Waals surface area contributed by atoms with E-state index in [1.54, 1.807) is 0 Å². The zero-order valence-electron chi connectivity index (χ0n) is 12.0. The Balaban J connectivity index is 2.10. The summed E-state index contributed by atoms with van der Waals surface area (Å²) in [5.74, 6) is 0.383. The van der Waals surface area contributed by atoms with E-state index >= 15 is 0 Å². The van der Waals surface area contributed by atoms with Crippen LogP contribution in [0, 0.1) is 0 Å². The van der Waals surface area contributed by atoms with E-state index in [0.717, 1.165) is 37.9 Å². The number of nitrogens with zero attached hydrogens (tertiary/aromatic N) is 4. The number of carbonyl (C=O) groups is 1. The van der Waals surface area contributed by atoms with Crippen LogP contribution in [0.1, 0.15) is 61.6 Å². The molecule has 1 aliphatic rings. The summed E-state index contributed by atoms with van der Waals surface area (Å²) in [6.45, 7) is 8.54. The molecular weight excluding hydrogens is 240 g/mol. The third-order valence-electron chi connectivity index (χ3n) is 4.11. The molecule has 0 spiro atoms. The molecule has 0 radical (unpaired) electrons. The van der Waals surface area contributed by atoms with Crippen molar-refractivity contribution in [2.75, 3.05) is 19.6 Å². The summed E-state index contributed by atoms with van der Waals surface area (Å²) < 4.78 is 1.94. The van der Waals surface area contributed by atoms with E-state index in [-0.39, 0.29) is 0 Å². The largest absolute Gasteiger partial charge is 0.301 e. The first kappa shape index (κ1) is 14.2. The van der Waals surface area contributed by atoms with Gasteiger partial charge in [0.15, 0.2) is 6.29 Å². The third-order valence-corrected chi connectivity index (χ3v) is 4.11. The molecule has 0 amide bonds. The number of aromatic nitrogens is 3. The van der Waals surface area contributed by atoms with Crippen LogP contribution in [0.15, 0.2) is 0 Å². The predicted molar refractivity (Wildman–Crippen MR) is 74.4 cm³/mol. The van der Waals surface area contributed by atoms with Crippen LogP contribution < -0.4 is 0 Å². The fourth-order valence-electron chi connectivity index (χ4n) is 2.92. The summed E-state index contributed by atoms with van der Waals surface area (Å²) in [5, 5.41) is 8.20. The fraction of sp³-hybridized carbons (Fsp3) is 0.786. The molecule has 5 nitrogen and oxygen atoms in total. The minimum Gasteiger partial charge on any atom is -0.301 e. The highest BCUT2D eigenvalue weighted by Gasteiger charge is 2.20. The fourth-order valence-corrected chi connectivity index (χ4v) is 2.92. The van der Waals surface area contributed by atoms with Crippen molar-refractivity contribution in [1.82, 2.24) is 19.9 Å². The van der Waals surface area contributed by atoms with Gasteiger partial charge in [0.25, 0.3) is 0 Å². The molecule has 0 bridgehead atoms. The molecule has 0 N–H and O–H groups in total. The molecule has 5 heteroatoms. The summed E-state index contributed by atoms with van der Waals surface area (Å²) >= 11 is 0. The van der Waals surface area contributed by atoms with Crippen LogP contribution >= 0.6 is 0 Å². The van der Waals surface area contributed by atoms with Gasteiger partial charge in [0.1, 0.15) is 5.69 Å². The Bertz CT molecular complexity index is 406. The molecular formula is C14H24N4O. The summed E-state index contributed by atoms with van der Waals surface area (Å²) in [5.41, 5.74) is 1.55. The third kappa shape index (κ3) is 3.21. The van der Waals surface area contributed by atoms with Crippen LogP contribution in [0.3, 0.4) is 0 Å². The van der Waals surface area contributed by atoms with Gasteiger partial charge < -0.3 is 4.90 Å². The van der Waals surface area contributed by atoms with Crippen molar-refractivity contribution in [3.05, 3.63) is 11.4 Å². The minimum absolute atomic E-state index is 0.383. The molecule has 1 aliphatic heterocycles. The van der Waals surface area contributed by atoms with Gasteiger partial charge in [-0.05, 0) is 38.8 Å². The maximum atomic E-state index is 11.1. The number of aldehydes is 1. The van der Waals surface area contributed by atoms with Gasteiger partial charge in [0, 0.05) is 12.5 Å². The lowest BCUT2D eigenvalue weighted by Gasteiger charge is -2.18. The number of carbonyl (C=O) groups excluding carboxylic acids is 1. The second kappa shape index (κ2) is 6.80. The Kier molecular flexibility index (Phi) is 5.07. The van der Waals surface area contributed by atoms with Gasteiger partial charge in [0.2, 0.25) is 0 Å². The van der Waals surface area contributed by atoms with E-state index in [1.807, 2.05) is 4.68 Å². The molecule has 0 saturated carbocycles. The molecule has 0 atom stereocenters.